The van der Waals surface area contributed by atoms with Crippen LogP contribution in [0.15, 0.2) is 39.8 Å². The van der Waals surface area contributed by atoms with Crippen LogP contribution in [0.3, 0.4) is 0 Å². The average Bonchev–Trinajstić information content (AvgIpc) is 3.17. The van der Waals surface area contributed by atoms with Crippen molar-refractivity contribution in [2.75, 3.05) is 5.32 Å². The van der Waals surface area contributed by atoms with E-state index in [0.29, 0.717) is 39.3 Å². The molecule has 1 aromatic carbocycles. The number of halogens is 1. The normalized spacial score (nSPS) is 14.5. The quantitative estimate of drug-likeness (QED) is 0.611. The van der Waals surface area contributed by atoms with Gasteiger partial charge >= 0.3 is 5.69 Å². The van der Waals surface area contributed by atoms with Crippen LogP contribution in [0.5, 0.6) is 0 Å². The summed E-state index contributed by atoms with van der Waals surface area (Å²) in [6.45, 7) is 0. The van der Waals surface area contributed by atoms with Gasteiger partial charge in [-0.3, -0.25) is 9.25 Å². The van der Waals surface area contributed by atoms with Crippen molar-refractivity contribution in [1.82, 2.24) is 19.3 Å². The number of hydrogen-bond acceptors (Lipinski definition) is 5. The molecule has 25 heavy (non-hydrogen) atoms. The lowest BCUT2D eigenvalue weighted by Gasteiger charge is -2.08. The number of rotatable bonds is 3. The molecule has 1 N–H and O–H groups in total. The van der Waals surface area contributed by atoms with Crippen molar-refractivity contribution in [1.29, 1.82) is 0 Å². The highest BCUT2D eigenvalue weighted by atomic mass is 35.5. The third-order valence-corrected chi connectivity index (χ3v) is 4.56. The van der Waals surface area contributed by atoms with Gasteiger partial charge in [0.05, 0.1) is 11.9 Å². The Morgan fingerprint density at radius 3 is 2.92 bits per heavy atom. The van der Waals surface area contributed by atoms with E-state index < -0.39 is 0 Å². The number of anilines is 1. The second-order valence-electron chi connectivity index (χ2n) is 6.29. The molecular weight excluding hydrogens is 342 g/mol. The van der Waals surface area contributed by atoms with Crippen molar-refractivity contribution in [3.05, 3.63) is 46.1 Å². The van der Waals surface area contributed by atoms with Gasteiger partial charge in [-0.05, 0) is 31.0 Å². The van der Waals surface area contributed by atoms with Crippen molar-refractivity contribution in [3.8, 4) is 5.69 Å². The molecule has 0 unspecified atom stereocenters. The molecule has 3 heterocycles. The summed E-state index contributed by atoms with van der Waals surface area (Å²) in [5.41, 5.74) is 2.10. The summed E-state index contributed by atoms with van der Waals surface area (Å²) in [5.74, 6) is 0.481. The highest BCUT2D eigenvalue weighted by Gasteiger charge is 2.26. The zero-order chi connectivity index (χ0) is 17.1. The summed E-state index contributed by atoms with van der Waals surface area (Å²) >= 11 is 6.18. The topological polar surface area (TPSA) is 77.9 Å². The fourth-order valence-corrected chi connectivity index (χ4v) is 3.19. The van der Waals surface area contributed by atoms with Gasteiger partial charge in [0.25, 0.3) is 0 Å². The first-order valence-corrected chi connectivity index (χ1v) is 8.38. The Balaban J connectivity index is 1.92. The number of nitrogens with one attached hydrogen (secondary N) is 1. The van der Waals surface area contributed by atoms with Gasteiger partial charge in [0, 0.05) is 29.7 Å². The first-order chi connectivity index (χ1) is 12.1. The Morgan fingerprint density at radius 1 is 1.36 bits per heavy atom. The lowest BCUT2D eigenvalue weighted by molar-refractivity contribution is 0.664. The number of aromatic nitrogens is 4. The second-order valence-corrected chi connectivity index (χ2v) is 6.73. The van der Waals surface area contributed by atoms with E-state index in [-0.39, 0.29) is 5.69 Å². The average molecular weight is 356 g/mol. The molecule has 8 heteroatoms. The summed E-state index contributed by atoms with van der Waals surface area (Å²) in [4.78, 5) is 17.0. The third kappa shape index (κ3) is 2.31. The number of benzene rings is 1. The van der Waals surface area contributed by atoms with E-state index in [2.05, 4.69) is 15.4 Å². The summed E-state index contributed by atoms with van der Waals surface area (Å²) in [5, 5.41) is 8.79. The maximum atomic E-state index is 12.8. The molecule has 1 aliphatic rings. The highest BCUT2D eigenvalue weighted by molar-refractivity contribution is 6.31. The fourth-order valence-electron chi connectivity index (χ4n) is 3.01. The summed E-state index contributed by atoms with van der Waals surface area (Å²) in [6, 6.07) is 5.72. The van der Waals surface area contributed by atoms with E-state index in [1.165, 1.54) is 4.57 Å². The number of aryl methyl sites for hydroxylation is 1. The van der Waals surface area contributed by atoms with Crippen LogP contribution in [-0.4, -0.2) is 25.4 Å². The number of furan rings is 1. The minimum atomic E-state index is -0.383. The Labute approximate surface area is 146 Å². The molecule has 0 spiro atoms. The van der Waals surface area contributed by atoms with Crippen LogP contribution < -0.4 is 11.0 Å². The summed E-state index contributed by atoms with van der Waals surface area (Å²) < 4.78 is 9.18. The van der Waals surface area contributed by atoms with Crippen LogP contribution >= 0.6 is 11.6 Å². The molecule has 7 nitrogen and oxygen atoms in total. The van der Waals surface area contributed by atoms with Crippen molar-refractivity contribution in [2.45, 2.75) is 18.9 Å². The van der Waals surface area contributed by atoms with Crippen LogP contribution in [0.25, 0.3) is 27.8 Å². The molecule has 0 atom stereocenters. The first kappa shape index (κ1) is 14.5. The highest BCUT2D eigenvalue weighted by Crippen LogP contribution is 2.35. The predicted molar refractivity (Wildman–Crippen MR) is 95.5 cm³/mol. The molecule has 0 bridgehead atoms. The second kappa shape index (κ2) is 5.10. The van der Waals surface area contributed by atoms with Crippen molar-refractivity contribution in [3.63, 3.8) is 0 Å². The van der Waals surface area contributed by atoms with E-state index in [1.807, 2.05) is 0 Å². The molecular formula is C17H14ClN5O2. The minimum Gasteiger partial charge on any atom is -0.450 e. The largest absolute Gasteiger partial charge is 0.450 e. The summed E-state index contributed by atoms with van der Waals surface area (Å²) in [6.07, 6.45) is 5.53. The molecule has 1 saturated carbocycles. The van der Waals surface area contributed by atoms with Gasteiger partial charge in [-0.25, -0.2) is 4.79 Å². The van der Waals surface area contributed by atoms with Gasteiger partial charge < -0.3 is 9.73 Å². The molecule has 0 saturated heterocycles. The Bertz CT molecular complexity index is 1190. The number of hydrogen-bond donors (Lipinski definition) is 1. The third-order valence-electron chi connectivity index (χ3n) is 4.33. The van der Waals surface area contributed by atoms with Crippen LogP contribution in [0.1, 0.15) is 12.8 Å². The molecule has 0 amide bonds. The van der Waals surface area contributed by atoms with E-state index >= 15 is 0 Å². The van der Waals surface area contributed by atoms with Crippen molar-refractivity contribution >= 4 is 39.5 Å². The zero-order valence-corrected chi connectivity index (χ0v) is 14.1. The Kier molecular flexibility index (Phi) is 2.96. The van der Waals surface area contributed by atoms with Gasteiger partial charge in [0.15, 0.2) is 11.4 Å². The van der Waals surface area contributed by atoms with E-state index in [1.54, 1.807) is 42.3 Å². The number of nitrogens with zero attached hydrogens (tertiary/aromatic N) is 4. The van der Waals surface area contributed by atoms with Gasteiger partial charge in [-0.15, -0.1) is 0 Å². The maximum Gasteiger partial charge on any atom is 0.354 e. The zero-order valence-electron chi connectivity index (χ0n) is 13.4. The molecule has 5 rings (SSSR count). The molecule has 126 valence electrons. The van der Waals surface area contributed by atoms with Gasteiger partial charge in [-0.2, -0.15) is 10.1 Å². The Morgan fingerprint density at radius 2 is 2.20 bits per heavy atom. The van der Waals surface area contributed by atoms with Gasteiger partial charge in [-0.1, -0.05) is 11.6 Å². The Hall–Kier alpha value is -2.80. The van der Waals surface area contributed by atoms with Gasteiger partial charge in [0.1, 0.15) is 11.1 Å². The molecule has 0 aliphatic heterocycles. The van der Waals surface area contributed by atoms with E-state index in [4.69, 9.17) is 16.0 Å². The van der Waals surface area contributed by atoms with E-state index in [9.17, 15) is 4.79 Å². The number of fused-ring (bicyclic) bond motifs is 3. The first-order valence-electron chi connectivity index (χ1n) is 8.00. The molecule has 4 aromatic rings. The molecule has 1 fully saturated rings. The van der Waals surface area contributed by atoms with Crippen LogP contribution in [0.2, 0.25) is 5.02 Å². The SMILES string of the molecule is Cn1cc(-n2c(=O)nc(NC3CC3)c3oc4ccc(Cl)cc4c32)cn1. The molecule has 1 aliphatic carbocycles. The lowest BCUT2D eigenvalue weighted by atomic mass is 10.2. The summed E-state index contributed by atoms with van der Waals surface area (Å²) in [7, 11) is 1.80. The predicted octanol–water partition coefficient (Wildman–Crippen LogP) is 3.09. The molecule has 3 aromatic heterocycles. The van der Waals surface area contributed by atoms with E-state index in [0.717, 1.165) is 18.2 Å². The smallest absolute Gasteiger partial charge is 0.354 e. The van der Waals surface area contributed by atoms with Crippen molar-refractivity contribution < 1.29 is 4.42 Å². The van der Waals surface area contributed by atoms with Crippen molar-refractivity contribution in [2.24, 2.45) is 7.05 Å². The van der Waals surface area contributed by atoms with Gasteiger partial charge in [0.2, 0.25) is 0 Å². The maximum absolute atomic E-state index is 12.8. The minimum absolute atomic E-state index is 0.348. The monoisotopic (exact) mass is 355 g/mol. The van der Waals surface area contributed by atoms with Crippen LogP contribution in [-0.2, 0) is 7.05 Å². The fraction of sp³-hybridized carbons (Fsp3) is 0.235. The van der Waals surface area contributed by atoms with Crippen LogP contribution in [0.4, 0.5) is 5.82 Å². The molecule has 0 radical (unpaired) electrons. The standard InChI is InChI=1S/C17H14ClN5O2/c1-22-8-11(7-19-22)23-14-12-6-9(18)2-5-13(12)25-15(14)16(21-17(23)24)20-10-3-4-10/h2,5-8,10H,3-4H2,1H3,(H,20,21,24). The van der Waals surface area contributed by atoms with Crippen LogP contribution in [0, 0.1) is 0 Å². The lowest BCUT2D eigenvalue weighted by Crippen LogP contribution is -2.23.